The summed E-state index contributed by atoms with van der Waals surface area (Å²) in [5.41, 5.74) is 4.62. The number of hydrogen-bond acceptors (Lipinski definition) is 4. The van der Waals surface area contributed by atoms with Crippen LogP contribution in [0.4, 0.5) is 0 Å². The van der Waals surface area contributed by atoms with E-state index in [-0.39, 0.29) is 17.7 Å². The van der Waals surface area contributed by atoms with Crippen LogP contribution >= 0.6 is 0 Å². The van der Waals surface area contributed by atoms with Crippen LogP contribution in [-0.2, 0) is 4.79 Å². The van der Waals surface area contributed by atoms with Gasteiger partial charge in [0.1, 0.15) is 0 Å². The monoisotopic (exact) mass is 288 g/mol. The summed E-state index contributed by atoms with van der Waals surface area (Å²) < 4.78 is 10.6. The Morgan fingerprint density at radius 3 is 2.52 bits per heavy atom. The van der Waals surface area contributed by atoms with Gasteiger partial charge >= 0.3 is 0 Å². The normalized spacial score (nSPS) is 24.7. The zero-order valence-corrected chi connectivity index (χ0v) is 12.4. The molecule has 1 amide bonds. The van der Waals surface area contributed by atoms with Crippen LogP contribution in [0.3, 0.4) is 0 Å². The first-order valence-corrected chi connectivity index (χ1v) is 7.34. The molecule has 2 aliphatic rings. The second-order valence-electron chi connectivity index (χ2n) is 5.54. The standard InChI is InChI=1S/C16H20N2O3/c1-20-13-8-7-10(9-14(13)21-2)15-11-5-3-4-6-12(11)16(19)18-17-15/h7-9,11-12H,3-6H2,1-2H3,(H,18,19)/t11-,12+/m0/s1. The highest BCUT2D eigenvalue weighted by molar-refractivity contribution is 6.07. The molecular weight excluding hydrogens is 268 g/mol. The number of carbonyl (C=O) groups is 1. The van der Waals surface area contributed by atoms with Crippen molar-refractivity contribution in [2.45, 2.75) is 25.7 Å². The van der Waals surface area contributed by atoms with Gasteiger partial charge in [-0.05, 0) is 31.0 Å². The highest BCUT2D eigenvalue weighted by atomic mass is 16.5. The first-order valence-electron chi connectivity index (χ1n) is 7.34. The van der Waals surface area contributed by atoms with Crippen LogP contribution in [-0.4, -0.2) is 25.8 Å². The highest BCUT2D eigenvalue weighted by Gasteiger charge is 2.37. The Labute approximate surface area is 124 Å². The Morgan fingerprint density at radius 2 is 1.81 bits per heavy atom. The Kier molecular flexibility index (Phi) is 3.82. The number of fused-ring (bicyclic) bond motifs is 1. The Hall–Kier alpha value is -2.04. The van der Waals surface area contributed by atoms with E-state index in [4.69, 9.17) is 9.47 Å². The molecule has 1 aromatic carbocycles. The summed E-state index contributed by atoms with van der Waals surface area (Å²) in [4.78, 5) is 12.0. The lowest BCUT2D eigenvalue weighted by Crippen LogP contribution is -2.43. The molecule has 1 aliphatic heterocycles. The Balaban J connectivity index is 1.97. The maximum absolute atomic E-state index is 12.0. The number of rotatable bonds is 3. The molecule has 1 fully saturated rings. The number of benzene rings is 1. The number of carbonyl (C=O) groups excluding carboxylic acids is 1. The third kappa shape index (κ3) is 2.48. The van der Waals surface area contributed by atoms with Gasteiger partial charge in [-0.15, -0.1) is 0 Å². The van der Waals surface area contributed by atoms with Crippen LogP contribution in [0.25, 0.3) is 0 Å². The largest absolute Gasteiger partial charge is 0.493 e. The van der Waals surface area contributed by atoms with Crippen LogP contribution in [0.2, 0.25) is 0 Å². The third-order valence-electron chi connectivity index (χ3n) is 4.42. The van der Waals surface area contributed by atoms with Crippen LogP contribution in [0.15, 0.2) is 23.3 Å². The predicted octanol–water partition coefficient (Wildman–Crippen LogP) is 2.34. The van der Waals surface area contributed by atoms with E-state index in [1.165, 1.54) is 0 Å². The molecule has 1 heterocycles. The van der Waals surface area contributed by atoms with Gasteiger partial charge in [-0.3, -0.25) is 4.79 Å². The van der Waals surface area contributed by atoms with Crippen molar-refractivity contribution in [1.82, 2.24) is 5.43 Å². The number of amides is 1. The molecule has 0 radical (unpaired) electrons. The minimum absolute atomic E-state index is 0.0550. The zero-order valence-electron chi connectivity index (χ0n) is 12.4. The Morgan fingerprint density at radius 1 is 1.10 bits per heavy atom. The molecule has 1 N–H and O–H groups in total. The number of hydrogen-bond donors (Lipinski definition) is 1. The summed E-state index contributed by atoms with van der Waals surface area (Å²) >= 11 is 0. The zero-order chi connectivity index (χ0) is 14.8. The first kappa shape index (κ1) is 13.9. The first-order chi connectivity index (χ1) is 10.2. The van der Waals surface area contributed by atoms with Crippen LogP contribution in [0, 0.1) is 11.8 Å². The summed E-state index contributed by atoms with van der Waals surface area (Å²) in [7, 11) is 3.24. The fourth-order valence-corrected chi connectivity index (χ4v) is 3.33. The molecule has 1 aromatic rings. The van der Waals surface area contributed by atoms with E-state index in [9.17, 15) is 4.79 Å². The molecule has 0 unspecified atom stereocenters. The number of nitrogens with zero attached hydrogens (tertiary/aromatic N) is 1. The molecule has 5 nitrogen and oxygen atoms in total. The van der Waals surface area contributed by atoms with E-state index < -0.39 is 0 Å². The topological polar surface area (TPSA) is 59.9 Å². The second-order valence-corrected chi connectivity index (χ2v) is 5.54. The van der Waals surface area contributed by atoms with E-state index in [0.29, 0.717) is 11.5 Å². The molecule has 21 heavy (non-hydrogen) atoms. The Bertz CT molecular complexity index is 583. The number of methoxy groups -OCH3 is 2. The molecule has 5 heteroatoms. The van der Waals surface area contributed by atoms with Gasteiger partial charge < -0.3 is 9.47 Å². The molecule has 112 valence electrons. The van der Waals surface area contributed by atoms with Crippen LogP contribution in [0.5, 0.6) is 11.5 Å². The lowest BCUT2D eigenvalue weighted by Gasteiger charge is -2.34. The van der Waals surface area contributed by atoms with Gasteiger partial charge in [0.15, 0.2) is 11.5 Å². The van der Waals surface area contributed by atoms with E-state index in [1.807, 2.05) is 18.2 Å². The number of nitrogens with one attached hydrogen (secondary N) is 1. The number of hydrazone groups is 1. The van der Waals surface area contributed by atoms with Crippen molar-refractivity contribution in [1.29, 1.82) is 0 Å². The lowest BCUT2D eigenvalue weighted by molar-refractivity contribution is -0.127. The lowest BCUT2D eigenvalue weighted by atomic mass is 9.74. The summed E-state index contributed by atoms with van der Waals surface area (Å²) in [6, 6.07) is 5.79. The average Bonchev–Trinajstić information content (AvgIpc) is 2.55. The van der Waals surface area contributed by atoms with Gasteiger partial charge in [0.05, 0.1) is 19.9 Å². The van der Waals surface area contributed by atoms with E-state index in [1.54, 1.807) is 14.2 Å². The van der Waals surface area contributed by atoms with E-state index in [0.717, 1.165) is 37.0 Å². The van der Waals surface area contributed by atoms with Gasteiger partial charge in [-0.25, -0.2) is 5.43 Å². The fourth-order valence-electron chi connectivity index (χ4n) is 3.33. The summed E-state index contributed by atoms with van der Waals surface area (Å²) in [5.74, 6) is 1.71. The van der Waals surface area contributed by atoms with E-state index in [2.05, 4.69) is 10.5 Å². The summed E-state index contributed by atoms with van der Waals surface area (Å²) in [6.07, 6.45) is 4.24. The van der Waals surface area contributed by atoms with Gasteiger partial charge in [-0.2, -0.15) is 5.10 Å². The van der Waals surface area contributed by atoms with E-state index >= 15 is 0 Å². The van der Waals surface area contributed by atoms with Gasteiger partial charge in [0.2, 0.25) is 5.91 Å². The molecular formula is C16H20N2O3. The molecule has 1 saturated carbocycles. The third-order valence-corrected chi connectivity index (χ3v) is 4.42. The molecule has 0 saturated heterocycles. The maximum atomic E-state index is 12.0. The van der Waals surface area contributed by atoms with Crippen molar-refractivity contribution in [3.63, 3.8) is 0 Å². The molecule has 0 bridgehead atoms. The molecule has 2 atom stereocenters. The fraction of sp³-hybridized carbons (Fsp3) is 0.500. The molecule has 0 spiro atoms. The second kappa shape index (κ2) is 5.76. The van der Waals surface area contributed by atoms with Crippen molar-refractivity contribution in [2.75, 3.05) is 14.2 Å². The average molecular weight is 288 g/mol. The van der Waals surface area contributed by atoms with Crippen molar-refractivity contribution >= 4 is 11.6 Å². The highest BCUT2D eigenvalue weighted by Crippen LogP contribution is 2.36. The van der Waals surface area contributed by atoms with Crippen LogP contribution in [0.1, 0.15) is 31.2 Å². The van der Waals surface area contributed by atoms with Crippen molar-refractivity contribution in [3.05, 3.63) is 23.8 Å². The van der Waals surface area contributed by atoms with Crippen molar-refractivity contribution in [3.8, 4) is 11.5 Å². The van der Waals surface area contributed by atoms with Gasteiger partial charge in [0, 0.05) is 17.4 Å². The minimum atomic E-state index is 0.0550. The molecule has 1 aliphatic carbocycles. The molecule has 3 rings (SSSR count). The predicted molar refractivity (Wildman–Crippen MR) is 79.7 cm³/mol. The number of ether oxygens (including phenoxy) is 2. The van der Waals surface area contributed by atoms with Crippen molar-refractivity contribution in [2.24, 2.45) is 16.9 Å². The summed E-state index contributed by atoms with van der Waals surface area (Å²) in [6.45, 7) is 0. The maximum Gasteiger partial charge on any atom is 0.243 e. The minimum Gasteiger partial charge on any atom is -0.493 e. The van der Waals surface area contributed by atoms with Crippen molar-refractivity contribution < 1.29 is 14.3 Å². The molecule has 0 aromatic heterocycles. The van der Waals surface area contributed by atoms with Gasteiger partial charge in [0.25, 0.3) is 0 Å². The summed E-state index contributed by atoms with van der Waals surface area (Å²) in [5, 5.41) is 4.32. The quantitative estimate of drug-likeness (QED) is 0.928. The van der Waals surface area contributed by atoms with Crippen LogP contribution < -0.4 is 14.9 Å². The smallest absolute Gasteiger partial charge is 0.243 e. The van der Waals surface area contributed by atoms with Gasteiger partial charge in [-0.1, -0.05) is 12.8 Å². The SMILES string of the molecule is COc1ccc(C2=NNC(=O)[C@@H]3CCCC[C@H]23)cc1OC.